The highest BCUT2D eigenvalue weighted by Gasteiger charge is 2.07. The number of nitrogens with one attached hydrogen (secondary N) is 1. The van der Waals surface area contributed by atoms with Gasteiger partial charge in [-0.1, -0.05) is 32.0 Å². The van der Waals surface area contributed by atoms with Crippen LogP contribution < -0.4 is 5.32 Å². The summed E-state index contributed by atoms with van der Waals surface area (Å²) in [6, 6.07) is 17.3. The van der Waals surface area contributed by atoms with Crippen molar-refractivity contribution in [2.24, 2.45) is 0 Å². The zero-order chi connectivity index (χ0) is 14.4. The molecule has 104 valence electrons. The number of carbonyl (C=O) groups excluding carboxylic acids is 1. The number of para-hydroxylation sites is 1. The maximum atomic E-state index is 12.1. The largest absolute Gasteiger partial charge is 0.322 e. The minimum Gasteiger partial charge on any atom is -0.322 e. The van der Waals surface area contributed by atoms with E-state index in [0.29, 0.717) is 10.8 Å². The smallest absolute Gasteiger partial charge is 0.255 e. The normalized spacial score (nSPS) is 11.9. The standard InChI is InChI=1S/C17H19NOS/c1-3-13(2)20-16-11-9-14(10-12-16)17(19)18-15-7-5-4-6-8-15/h4-13H,3H2,1-2H3,(H,18,19). The number of thioether (sulfide) groups is 1. The second kappa shape index (κ2) is 7.15. The van der Waals surface area contributed by atoms with E-state index in [1.54, 1.807) is 0 Å². The highest BCUT2D eigenvalue weighted by Crippen LogP contribution is 2.25. The summed E-state index contributed by atoms with van der Waals surface area (Å²) in [6.07, 6.45) is 1.14. The molecule has 20 heavy (non-hydrogen) atoms. The highest BCUT2D eigenvalue weighted by molar-refractivity contribution is 7.99. The maximum Gasteiger partial charge on any atom is 0.255 e. The van der Waals surface area contributed by atoms with E-state index in [-0.39, 0.29) is 5.91 Å². The molecule has 0 saturated carbocycles. The van der Waals surface area contributed by atoms with Crippen LogP contribution >= 0.6 is 11.8 Å². The Bertz CT molecular complexity index is 551. The molecular formula is C17H19NOS. The Morgan fingerprint density at radius 1 is 1.10 bits per heavy atom. The quantitative estimate of drug-likeness (QED) is 0.797. The van der Waals surface area contributed by atoms with Crippen LogP contribution in [-0.4, -0.2) is 11.2 Å². The third-order valence-corrected chi connectivity index (χ3v) is 4.34. The molecule has 0 fully saturated rings. The number of amides is 1. The molecule has 0 spiro atoms. The third kappa shape index (κ3) is 4.14. The maximum absolute atomic E-state index is 12.1. The van der Waals surface area contributed by atoms with Crippen LogP contribution in [0.4, 0.5) is 5.69 Å². The van der Waals surface area contributed by atoms with Crippen LogP contribution in [0.15, 0.2) is 59.5 Å². The monoisotopic (exact) mass is 285 g/mol. The van der Waals surface area contributed by atoms with Crippen molar-refractivity contribution in [3.8, 4) is 0 Å². The molecule has 2 aromatic rings. The molecule has 1 atom stereocenters. The van der Waals surface area contributed by atoms with E-state index >= 15 is 0 Å². The van der Waals surface area contributed by atoms with Gasteiger partial charge in [-0.05, 0) is 42.8 Å². The lowest BCUT2D eigenvalue weighted by Gasteiger charge is -2.09. The van der Waals surface area contributed by atoms with Crippen LogP contribution in [0.3, 0.4) is 0 Å². The van der Waals surface area contributed by atoms with Gasteiger partial charge >= 0.3 is 0 Å². The number of hydrogen-bond donors (Lipinski definition) is 1. The molecular weight excluding hydrogens is 266 g/mol. The molecule has 2 nitrogen and oxygen atoms in total. The molecule has 0 bridgehead atoms. The Labute approximate surface area is 124 Å². The van der Waals surface area contributed by atoms with E-state index in [2.05, 4.69) is 19.2 Å². The van der Waals surface area contributed by atoms with E-state index in [1.165, 1.54) is 4.90 Å². The summed E-state index contributed by atoms with van der Waals surface area (Å²) in [4.78, 5) is 13.3. The fraction of sp³-hybridized carbons (Fsp3) is 0.235. The Hall–Kier alpha value is -1.74. The first kappa shape index (κ1) is 14.7. The minimum atomic E-state index is -0.0729. The SMILES string of the molecule is CCC(C)Sc1ccc(C(=O)Nc2ccccc2)cc1. The molecule has 0 aromatic heterocycles. The predicted molar refractivity (Wildman–Crippen MR) is 86.4 cm³/mol. The van der Waals surface area contributed by atoms with Gasteiger partial charge in [-0.25, -0.2) is 0 Å². The molecule has 2 aromatic carbocycles. The van der Waals surface area contributed by atoms with E-state index in [0.717, 1.165) is 12.1 Å². The number of hydrogen-bond acceptors (Lipinski definition) is 2. The number of rotatable bonds is 5. The Balaban J connectivity index is 2.01. The average molecular weight is 285 g/mol. The van der Waals surface area contributed by atoms with Crippen molar-refractivity contribution in [1.29, 1.82) is 0 Å². The molecule has 0 heterocycles. The summed E-state index contributed by atoms with van der Waals surface area (Å²) in [7, 11) is 0. The Morgan fingerprint density at radius 3 is 2.35 bits per heavy atom. The highest BCUT2D eigenvalue weighted by atomic mass is 32.2. The van der Waals surface area contributed by atoms with Gasteiger partial charge in [0.1, 0.15) is 0 Å². The second-order valence-electron chi connectivity index (χ2n) is 4.68. The van der Waals surface area contributed by atoms with E-state index < -0.39 is 0 Å². The lowest BCUT2D eigenvalue weighted by molar-refractivity contribution is 0.102. The van der Waals surface area contributed by atoms with Gasteiger partial charge in [0.05, 0.1) is 0 Å². The zero-order valence-corrected chi connectivity index (χ0v) is 12.6. The van der Waals surface area contributed by atoms with Crippen LogP contribution in [0.2, 0.25) is 0 Å². The van der Waals surface area contributed by atoms with Crippen molar-refractivity contribution < 1.29 is 4.79 Å². The topological polar surface area (TPSA) is 29.1 Å². The van der Waals surface area contributed by atoms with E-state index in [1.807, 2.05) is 66.4 Å². The molecule has 0 aliphatic rings. The van der Waals surface area contributed by atoms with Gasteiger partial charge < -0.3 is 5.32 Å². The summed E-state index contributed by atoms with van der Waals surface area (Å²) < 4.78 is 0. The molecule has 1 amide bonds. The van der Waals surface area contributed by atoms with E-state index in [4.69, 9.17) is 0 Å². The molecule has 0 radical (unpaired) electrons. The molecule has 1 unspecified atom stereocenters. The summed E-state index contributed by atoms with van der Waals surface area (Å²) >= 11 is 1.84. The van der Waals surface area contributed by atoms with Gasteiger partial charge in [0.15, 0.2) is 0 Å². The van der Waals surface area contributed by atoms with Gasteiger partial charge in [-0.2, -0.15) is 0 Å². The van der Waals surface area contributed by atoms with Crippen LogP contribution in [-0.2, 0) is 0 Å². The van der Waals surface area contributed by atoms with Crippen LogP contribution in [0.1, 0.15) is 30.6 Å². The predicted octanol–water partition coefficient (Wildman–Crippen LogP) is 4.83. The molecule has 2 rings (SSSR count). The van der Waals surface area contributed by atoms with Crippen molar-refractivity contribution in [1.82, 2.24) is 0 Å². The fourth-order valence-electron chi connectivity index (χ4n) is 1.73. The van der Waals surface area contributed by atoms with Crippen molar-refractivity contribution in [2.75, 3.05) is 5.32 Å². The summed E-state index contributed by atoms with van der Waals surface area (Å²) in [6.45, 7) is 4.39. The van der Waals surface area contributed by atoms with Gasteiger partial charge in [0.2, 0.25) is 0 Å². The summed E-state index contributed by atoms with van der Waals surface area (Å²) in [5.41, 5.74) is 1.50. The number of benzene rings is 2. The van der Waals surface area contributed by atoms with Crippen molar-refractivity contribution in [2.45, 2.75) is 30.4 Å². The molecule has 0 aliphatic carbocycles. The summed E-state index contributed by atoms with van der Waals surface area (Å²) in [5, 5.41) is 3.48. The number of carbonyl (C=O) groups is 1. The molecule has 3 heteroatoms. The Kier molecular flexibility index (Phi) is 5.24. The van der Waals surface area contributed by atoms with E-state index in [9.17, 15) is 4.79 Å². The first-order valence-corrected chi connectivity index (χ1v) is 7.70. The Morgan fingerprint density at radius 2 is 1.75 bits per heavy atom. The lowest BCUT2D eigenvalue weighted by atomic mass is 10.2. The zero-order valence-electron chi connectivity index (χ0n) is 11.8. The van der Waals surface area contributed by atoms with Gasteiger partial charge in [0.25, 0.3) is 5.91 Å². The van der Waals surface area contributed by atoms with Gasteiger partial charge in [-0.3, -0.25) is 4.79 Å². The van der Waals surface area contributed by atoms with Crippen LogP contribution in [0.25, 0.3) is 0 Å². The number of anilines is 1. The first-order valence-electron chi connectivity index (χ1n) is 6.82. The van der Waals surface area contributed by atoms with Crippen molar-refractivity contribution in [3.63, 3.8) is 0 Å². The third-order valence-electron chi connectivity index (χ3n) is 3.06. The molecule has 0 aliphatic heterocycles. The fourth-order valence-corrected chi connectivity index (χ4v) is 2.65. The second-order valence-corrected chi connectivity index (χ2v) is 6.19. The lowest BCUT2D eigenvalue weighted by Crippen LogP contribution is -2.11. The molecule has 1 N–H and O–H groups in total. The van der Waals surface area contributed by atoms with Crippen molar-refractivity contribution >= 4 is 23.4 Å². The molecule has 0 saturated heterocycles. The van der Waals surface area contributed by atoms with Crippen LogP contribution in [0.5, 0.6) is 0 Å². The average Bonchev–Trinajstić information content (AvgIpc) is 2.49. The van der Waals surface area contributed by atoms with Crippen molar-refractivity contribution in [3.05, 3.63) is 60.2 Å². The van der Waals surface area contributed by atoms with Gasteiger partial charge in [0, 0.05) is 21.4 Å². The minimum absolute atomic E-state index is 0.0729. The van der Waals surface area contributed by atoms with Gasteiger partial charge in [-0.15, -0.1) is 11.8 Å². The first-order chi connectivity index (χ1) is 9.69. The summed E-state index contributed by atoms with van der Waals surface area (Å²) in [5.74, 6) is -0.0729. The van der Waals surface area contributed by atoms with Crippen LogP contribution in [0, 0.1) is 0 Å².